The molecule has 0 saturated carbocycles. The Morgan fingerprint density at radius 2 is 1.96 bits per heavy atom. The Morgan fingerprint density at radius 3 is 2.71 bits per heavy atom. The summed E-state index contributed by atoms with van der Waals surface area (Å²) in [6, 6.07) is 10.2. The Balaban J connectivity index is 1.93. The summed E-state index contributed by atoms with van der Waals surface area (Å²) in [6.45, 7) is 0.0689. The number of hydrogen-bond donors (Lipinski definition) is 0. The third-order valence-corrected chi connectivity index (χ3v) is 3.51. The minimum atomic E-state index is -4.76. The fourth-order valence-corrected chi connectivity index (χ4v) is 2.45. The summed E-state index contributed by atoms with van der Waals surface area (Å²) in [6.07, 6.45) is -3.43. The van der Waals surface area contributed by atoms with E-state index in [9.17, 15) is 18.0 Å². The lowest BCUT2D eigenvalue weighted by atomic mass is 10.2. The van der Waals surface area contributed by atoms with Gasteiger partial charge in [0.05, 0.1) is 23.8 Å². The first-order valence-electron chi connectivity index (χ1n) is 6.81. The minimum Gasteiger partial charge on any atom is -0.406 e. The standard InChI is InChI=1S/C16H10ClF3N2O2/c17-11-4-5-13-14(7-11)21-9-22(15(13)23)8-10-2-1-3-12(6-10)24-16(18,19)20/h1-7,9H,8H2. The number of ether oxygens (including phenoxy) is 1. The van der Waals surface area contributed by atoms with E-state index in [0.29, 0.717) is 21.5 Å². The molecule has 1 heterocycles. The van der Waals surface area contributed by atoms with Gasteiger partial charge in [0, 0.05) is 5.02 Å². The van der Waals surface area contributed by atoms with E-state index in [4.69, 9.17) is 11.6 Å². The van der Waals surface area contributed by atoms with Crippen LogP contribution in [0.4, 0.5) is 13.2 Å². The number of fused-ring (bicyclic) bond motifs is 1. The van der Waals surface area contributed by atoms with Crippen LogP contribution in [0.25, 0.3) is 10.9 Å². The first-order valence-corrected chi connectivity index (χ1v) is 7.19. The molecule has 0 spiro atoms. The van der Waals surface area contributed by atoms with E-state index in [0.717, 1.165) is 0 Å². The maximum absolute atomic E-state index is 12.4. The predicted octanol–water partition coefficient (Wildman–Crippen LogP) is 4.00. The SMILES string of the molecule is O=c1c2ccc(Cl)cc2ncn1Cc1cccc(OC(F)(F)F)c1. The van der Waals surface area contributed by atoms with E-state index in [1.165, 1.54) is 29.1 Å². The second-order valence-electron chi connectivity index (χ2n) is 5.03. The van der Waals surface area contributed by atoms with Gasteiger partial charge in [0.15, 0.2) is 0 Å². The minimum absolute atomic E-state index is 0.0689. The van der Waals surface area contributed by atoms with Crippen LogP contribution in [0, 0.1) is 0 Å². The van der Waals surface area contributed by atoms with Gasteiger partial charge < -0.3 is 4.74 Å². The van der Waals surface area contributed by atoms with Gasteiger partial charge in [0.1, 0.15) is 5.75 Å². The van der Waals surface area contributed by atoms with Gasteiger partial charge in [-0.05, 0) is 35.9 Å². The molecule has 1 aromatic heterocycles. The van der Waals surface area contributed by atoms with Gasteiger partial charge in [0.2, 0.25) is 0 Å². The summed E-state index contributed by atoms with van der Waals surface area (Å²) in [5.74, 6) is -0.339. The Labute approximate surface area is 139 Å². The zero-order chi connectivity index (χ0) is 17.3. The second-order valence-corrected chi connectivity index (χ2v) is 5.47. The molecular weight excluding hydrogens is 345 g/mol. The summed E-state index contributed by atoms with van der Waals surface area (Å²) in [4.78, 5) is 16.6. The molecule has 24 heavy (non-hydrogen) atoms. The van der Waals surface area contributed by atoms with Gasteiger partial charge in [-0.2, -0.15) is 0 Å². The molecule has 0 aliphatic heterocycles. The van der Waals surface area contributed by atoms with E-state index in [2.05, 4.69) is 9.72 Å². The lowest BCUT2D eigenvalue weighted by Gasteiger charge is -2.11. The van der Waals surface area contributed by atoms with E-state index in [1.807, 2.05) is 0 Å². The molecule has 124 valence electrons. The van der Waals surface area contributed by atoms with Crippen molar-refractivity contribution in [3.8, 4) is 5.75 Å². The summed E-state index contributed by atoms with van der Waals surface area (Å²) in [5.41, 5.74) is 0.630. The third-order valence-electron chi connectivity index (χ3n) is 3.27. The molecule has 0 fully saturated rings. The van der Waals surface area contributed by atoms with Crippen molar-refractivity contribution < 1.29 is 17.9 Å². The van der Waals surface area contributed by atoms with E-state index in [1.54, 1.807) is 24.3 Å². The van der Waals surface area contributed by atoms with Gasteiger partial charge in [0.25, 0.3) is 5.56 Å². The number of benzene rings is 2. The maximum atomic E-state index is 12.4. The third kappa shape index (κ3) is 3.68. The van der Waals surface area contributed by atoms with E-state index < -0.39 is 6.36 Å². The second kappa shape index (κ2) is 6.16. The molecule has 0 bridgehead atoms. The van der Waals surface area contributed by atoms with E-state index in [-0.39, 0.29) is 17.9 Å². The molecule has 0 amide bonds. The summed E-state index contributed by atoms with van der Waals surface area (Å²) in [5, 5.41) is 0.841. The monoisotopic (exact) mass is 354 g/mol. The lowest BCUT2D eigenvalue weighted by molar-refractivity contribution is -0.274. The Hall–Kier alpha value is -2.54. The number of rotatable bonds is 3. The van der Waals surface area contributed by atoms with Crippen molar-refractivity contribution in [3.05, 3.63) is 69.7 Å². The zero-order valence-corrected chi connectivity index (χ0v) is 12.8. The molecule has 2 aromatic carbocycles. The highest BCUT2D eigenvalue weighted by molar-refractivity contribution is 6.31. The van der Waals surface area contributed by atoms with Crippen molar-refractivity contribution in [2.75, 3.05) is 0 Å². The highest BCUT2D eigenvalue weighted by Gasteiger charge is 2.31. The number of alkyl halides is 3. The fourth-order valence-electron chi connectivity index (χ4n) is 2.28. The van der Waals surface area contributed by atoms with Crippen molar-refractivity contribution in [1.82, 2.24) is 9.55 Å². The quantitative estimate of drug-likeness (QED) is 0.714. The highest BCUT2D eigenvalue weighted by atomic mass is 35.5. The first kappa shape index (κ1) is 16.3. The lowest BCUT2D eigenvalue weighted by Crippen LogP contribution is -2.21. The first-order chi connectivity index (χ1) is 11.3. The zero-order valence-electron chi connectivity index (χ0n) is 12.0. The molecule has 0 unspecified atom stereocenters. The van der Waals surface area contributed by atoms with Gasteiger partial charge >= 0.3 is 6.36 Å². The van der Waals surface area contributed by atoms with Gasteiger partial charge in [-0.1, -0.05) is 23.7 Å². The molecule has 0 radical (unpaired) electrons. The molecule has 3 aromatic rings. The number of halogens is 4. The van der Waals surface area contributed by atoms with Gasteiger partial charge in [-0.25, -0.2) is 4.98 Å². The van der Waals surface area contributed by atoms with Crippen LogP contribution in [0.15, 0.2) is 53.6 Å². The summed E-state index contributed by atoms with van der Waals surface area (Å²) < 4.78 is 42.0. The van der Waals surface area contributed by atoms with E-state index >= 15 is 0 Å². The Bertz CT molecular complexity index is 954. The Morgan fingerprint density at radius 1 is 1.17 bits per heavy atom. The van der Waals surface area contributed by atoms with Crippen LogP contribution in [-0.2, 0) is 6.54 Å². The maximum Gasteiger partial charge on any atom is 0.573 e. The average molecular weight is 355 g/mol. The van der Waals surface area contributed by atoms with Crippen molar-refractivity contribution in [2.45, 2.75) is 12.9 Å². The molecule has 8 heteroatoms. The topological polar surface area (TPSA) is 44.1 Å². The Kier molecular flexibility index (Phi) is 4.19. The smallest absolute Gasteiger partial charge is 0.406 e. The summed E-state index contributed by atoms with van der Waals surface area (Å²) in [7, 11) is 0. The van der Waals surface area contributed by atoms with Crippen molar-refractivity contribution >= 4 is 22.5 Å². The molecule has 3 rings (SSSR count). The van der Waals surface area contributed by atoms with Crippen LogP contribution in [0.5, 0.6) is 5.75 Å². The van der Waals surface area contributed by atoms with Gasteiger partial charge in [-0.15, -0.1) is 13.2 Å². The molecule has 0 aliphatic rings. The molecule has 0 N–H and O–H groups in total. The summed E-state index contributed by atoms with van der Waals surface area (Å²) >= 11 is 5.86. The van der Waals surface area contributed by atoms with Crippen LogP contribution in [0.2, 0.25) is 5.02 Å². The van der Waals surface area contributed by atoms with Crippen molar-refractivity contribution in [2.24, 2.45) is 0 Å². The van der Waals surface area contributed by atoms with Crippen molar-refractivity contribution in [1.29, 1.82) is 0 Å². The molecular formula is C16H10ClF3N2O2. The van der Waals surface area contributed by atoms with Crippen molar-refractivity contribution in [3.63, 3.8) is 0 Å². The van der Waals surface area contributed by atoms with Crippen LogP contribution in [-0.4, -0.2) is 15.9 Å². The number of aromatic nitrogens is 2. The normalized spacial score (nSPS) is 11.7. The molecule has 0 saturated heterocycles. The highest BCUT2D eigenvalue weighted by Crippen LogP contribution is 2.23. The molecule has 0 aliphatic carbocycles. The number of nitrogens with zero attached hydrogens (tertiary/aromatic N) is 2. The van der Waals surface area contributed by atoms with Crippen LogP contribution < -0.4 is 10.3 Å². The fraction of sp³-hybridized carbons (Fsp3) is 0.125. The van der Waals surface area contributed by atoms with Crippen LogP contribution >= 0.6 is 11.6 Å². The average Bonchev–Trinajstić information content (AvgIpc) is 2.49. The predicted molar refractivity (Wildman–Crippen MR) is 83.2 cm³/mol. The largest absolute Gasteiger partial charge is 0.573 e. The van der Waals surface area contributed by atoms with Gasteiger partial charge in [-0.3, -0.25) is 9.36 Å². The molecule has 4 nitrogen and oxygen atoms in total. The molecule has 0 atom stereocenters. The number of hydrogen-bond acceptors (Lipinski definition) is 3. The van der Waals surface area contributed by atoms with Crippen LogP contribution in [0.3, 0.4) is 0 Å². The van der Waals surface area contributed by atoms with Crippen LogP contribution in [0.1, 0.15) is 5.56 Å².